The number of aryl methyl sites for hydroxylation is 1. The number of allylic oxidation sites excluding steroid dienone is 2. The third-order valence-electron chi connectivity index (χ3n) is 12.3. The van der Waals surface area contributed by atoms with Crippen LogP contribution < -0.4 is 0 Å². The number of hydrogen-bond donors (Lipinski definition) is 1. The molecule has 1 aliphatic carbocycles. The first-order valence-electron chi connectivity index (χ1n) is 20.6. The summed E-state index contributed by atoms with van der Waals surface area (Å²) in [4.78, 5) is 0. The van der Waals surface area contributed by atoms with Crippen LogP contribution in [0.2, 0.25) is 0 Å². The van der Waals surface area contributed by atoms with E-state index < -0.39 is 0 Å². The fourth-order valence-electron chi connectivity index (χ4n) is 9.08. The van der Waals surface area contributed by atoms with Crippen molar-refractivity contribution < 1.29 is 5.11 Å². The molecule has 278 valence electrons. The lowest BCUT2D eigenvalue weighted by Gasteiger charge is -2.39. The summed E-state index contributed by atoms with van der Waals surface area (Å²) in [6.07, 6.45) is 15.9. The average molecular weight is 809 g/mol. The van der Waals surface area contributed by atoms with Crippen LogP contribution in [0.3, 0.4) is 0 Å². The highest BCUT2D eigenvalue weighted by molar-refractivity contribution is 14.1. The number of halogens is 1. The topological polar surface area (TPSA) is 20.2 Å². The predicted octanol–water partition coefficient (Wildman–Crippen LogP) is 15.5. The molecule has 1 saturated carbocycles. The number of aliphatic hydroxyl groups excluding tert-OH is 1. The molecule has 0 heterocycles. The SMILES string of the molecule is C=C(CC)c1c(-c2ccc(-c3ccc(C)cc3)cc2)c(CC)c(/C=C/CC)c2c(C(C)CCI)c(C3CCC3)c(C(CC)CC)c(C(CC)CO)c12. The summed E-state index contributed by atoms with van der Waals surface area (Å²) in [6, 6.07) is 18.2. The van der Waals surface area contributed by atoms with Crippen molar-refractivity contribution in [3.63, 3.8) is 0 Å². The van der Waals surface area contributed by atoms with E-state index in [4.69, 9.17) is 6.58 Å². The van der Waals surface area contributed by atoms with Crippen molar-refractivity contribution in [1.29, 1.82) is 0 Å². The zero-order valence-corrected chi connectivity index (χ0v) is 35.8. The van der Waals surface area contributed by atoms with Gasteiger partial charge in [0.15, 0.2) is 0 Å². The number of hydrogen-bond acceptors (Lipinski definition) is 1. The molecular formula is C50H65IO. The van der Waals surface area contributed by atoms with Crippen LogP contribution in [-0.4, -0.2) is 16.1 Å². The van der Waals surface area contributed by atoms with Crippen molar-refractivity contribution in [2.45, 2.75) is 143 Å². The summed E-state index contributed by atoms with van der Waals surface area (Å²) in [7, 11) is 0. The van der Waals surface area contributed by atoms with Gasteiger partial charge in [-0.3, -0.25) is 0 Å². The second kappa shape index (κ2) is 18.6. The van der Waals surface area contributed by atoms with E-state index in [1.807, 2.05) is 0 Å². The maximum atomic E-state index is 11.4. The molecule has 5 rings (SSSR count). The number of fused-ring (bicyclic) bond motifs is 1. The number of rotatable bonds is 17. The van der Waals surface area contributed by atoms with E-state index in [2.05, 4.69) is 139 Å². The first-order valence-corrected chi connectivity index (χ1v) is 22.2. The predicted molar refractivity (Wildman–Crippen MR) is 240 cm³/mol. The van der Waals surface area contributed by atoms with Crippen LogP contribution in [0.4, 0.5) is 0 Å². The van der Waals surface area contributed by atoms with Crippen molar-refractivity contribution in [3.05, 3.63) is 106 Å². The van der Waals surface area contributed by atoms with Crippen LogP contribution >= 0.6 is 22.6 Å². The molecule has 2 atom stereocenters. The molecule has 0 spiro atoms. The summed E-state index contributed by atoms with van der Waals surface area (Å²) in [5.41, 5.74) is 18.1. The van der Waals surface area contributed by atoms with Crippen LogP contribution in [0.5, 0.6) is 0 Å². The molecule has 0 aromatic heterocycles. The summed E-state index contributed by atoms with van der Waals surface area (Å²) < 4.78 is 1.14. The highest BCUT2D eigenvalue weighted by Gasteiger charge is 2.37. The van der Waals surface area contributed by atoms with Gasteiger partial charge in [0.05, 0.1) is 0 Å². The van der Waals surface area contributed by atoms with Gasteiger partial charge in [-0.15, -0.1) is 0 Å². The Morgan fingerprint density at radius 2 is 1.42 bits per heavy atom. The lowest BCUT2D eigenvalue weighted by molar-refractivity contribution is 0.262. The Balaban J connectivity index is 2.10. The Morgan fingerprint density at radius 1 is 0.827 bits per heavy atom. The highest BCUT2D eigenvalue weighted by atomic mass is 127. The van der Waals surface area contributed by atoms with Crippen molar-refractivity contribution in [2.75, 3.05) is 11.0 Å². The van der Waals surface area contributed by atoms with Crippen molar-refractivity contribution in [2.24, 2.45) is 0 Å². The van der Waals surface area contributed by atoms with E-state index >= 15 is 0 Å². The third kappa shape index (κ3) is 7.76. The summed E-state index contributed by atoms with van der Waals surface area (Å²) in [6.45, 7) is 23.7. The minimum Gasteiger partial charge on any atom is -0.396 e. The molecule has 2 heteroatoms. The van der Waals surface area contributed by atoms with E-state index in [-0.39, 0.29) is 12.5 Å². The molecule has 0 aliphatic heterocycles. The van der Waals surface area contributed by atoms with Crippen molar-refractivity contribution in [1.82, 2.24) is 0 Å². The molecule has 1 aliphatic rings. The minimum atomic E-state index is 0.0708. The van der Waals surface area contributed by atoms with Gasteiger partial charge in [0, 0.05) is 17.0 Å². The first kappa shape index (κ1) is 40.5. The van der Waals surface area contributed by atoms with E-state index in [0.29, 0.717) is 17.8 Å². The fraction of sp³-hybridized carbons (Fsp3) is 0.480. The smallest absolute Gasteiger partial charge is 0.0499 e. The summed E-state index contributed by atoms with van der Waals surface area (Å²) >= 11 is 2.60. The molecule has 4 aromatic carbocycles. The molecule has 0 radical (unpaired) electrons. The van der Waals surface area contributed by atoms with Gasteiger partial charge in [-0.05, 0) is 160 Å². The van der Waals surface area contributed by atoms with E-state index in [1.54, 1.807) is 16.7 Å². The Labute approximate surface area is 330 Å². The molecule has 1 fully saturated rings. The van der Waals surface area contributed by atoms with Gasteiger partial charge in [0.1, 0.15) is 0 Å². The van der Waals surface area contributed by atoms with Gasteiger partial charge in [-0.1, -0.05) is 150 Å². The summed E-state index contributed by atoms with van der Waals surface area (Å²) in [5.74, 6) is 1.57. The molecule has 2 unspecified atom stereocenters. The Morgan fingerprint density at radius 3 is 1.90 bits per heavy atom. The molecule has 4 aromatic rings. The molecule has 1 N–H and O–H groups in total. The van der Waals surface area contributed by atoms with Gasteiger partial charge in [-0.25, -0.2) is 0 Å². The standard InChI is InChI=1S/C50H65IO/c1-10-16-20-42-41(15-6)45(40-27-25-38(26-28-40)37-23-21-32(7)22-24-37)43(33(8)11-2)50-47(36(14-5)31-52)46(35(12-3)13-4)48(39-18-17-19-39)44(49(42)50)34(9)29-30-51/h16,20-28,34-36,39,52H,8,10-15,17-19,29-31H2,1-7,9H3/b20-16+. The summed E-state index contributed by atoms with van der Waals surface area (Å²) in [5, 5.41) is 14.2. The maximum absolute atomic E-state index is 11.4. The second-order valence-corrected chi connectivity index (χ2v) is 16.5. The van der Waals surface area contributed by atoms with Gasteiger partial charge in [-0.2, -0.15) is 0 Å². The third-order valence-corrected chi connectivity index (χ3v) is 13.0. The van der Waals surface area contributed by atoms with E-state index in [1.165, 1.54) is 92.1 Å². The molecule has 0 amide bonds. The van der Waals surface area contributed by atoms with Crippen LogP contribution in [0.15, 0.2) is 61.2 Å². The van der Waals surface area contributed by atoms with Gasteiger partial charge >= 0.3 is 0 Å². The molecule has 0 bridgehead atoms. The fourth-order valence-corrected chi connectivity index (χ4v) is 10.0. The van der Waals surface area contributed by atoms with Crippen LogP contribution in [0.25, 0.3) is 44.7 Å². The van der Waals surface area contributed by atoms with E-state index in [0.717, 1.165) is 43.0 Å². The minimum absolute atomic E-state index is 0.0708. The maximum Gasteiger partial charge on any atom is 0.0499 e. The molecule has 1 nitrogen and oxygen atoms in total. The number of aliphatic hydroxyl groups is 1. The zero-order chi connectivity index (χ0) is 37.5. The van der Waals surface area contributed by atoms with E-state index in [9.17, 15) is 5.11 Å². The van der Waals surface area contributed by atoms with Crippen molar-refractivity contribution >= 4 is 45.0 Å². The Hall–Kier alpha value is -2.69. The Bertz CT molecular complexity index is 1850. The van der Waals surface area contributed by atoms with Crippen LogP contribution in [0, 0.1) is 6.92 Å². The van der Waals surface area contributed by atoms with Crippen molar-refractivity contribution in [3.8, 4) is 22.3 Å². The zero-order valence-electron chi connectivity index (χ0n) is 33.6. The quantitative estimate of drug-likeness (QED) is 0.0832. The van der Waals surface area contributed by atoms with Crippen LogP contribution in [-0.2, 0) is 6.42 Å². The highest BCUT2D eigenvalue weighted by Crippen LogP contribution is 2.55. The Kier molecular flexibility index (Phi) is 14.5. The van der Waals surface area contributed by atoms with Gasteiger partial charge in [0.2, 0.25) is 0 Å². The molecular weight excluding hydrogens is 743 g/mol. The molecule has 52 heavy (non-hydrogen) atoms. The van der Waals surface area contributed by atoms with Gasteiger partial charge in [0.25, 0.3) is 0 Å². The second-order valence-electron chi connectivity index (χ2n) is 15.4. The normalized spacial score (nSPS) is 14.8. The van der Waals surface area contributed by atoms with Gasteiger partial charge < -0.3 is 5.11 Å². The molecule has 0 saturated heterocycles. The lowest BCUT2D eigenvalue weighted by atomic mass is 9.65. The number of benzene rings is 4. The monoisotopic (exact) mass is 808 g/mol. The van der Waals surface area contributed by atoms with Crippen LogP contribution in [0.1, 0.15) is 174 Å². The largest absolute Gasteiger partial charge is 0.396 e. The number of alkyl halides is 1. The first-order chi connectivity index (χ1) is 25.2. The average Bonchev–Trinajstić information content (AvgIpc) is 3.14. The lowest BCUT2D eigenvalue weighted by Crippen LogP contribution is -2.22.